The maximum absolute atomic E-state index is 10.9. The smallest absolute Gasteiger partial charge is 0.221 e. The number of aromatic nitrogens is 2. The van der Waals surface area contributed by atoms with Crippen LogP contribution in [0, 0.1) is 0 Å². The third-order valence-corrected chi connectivity index (χ3v) is 4.07. The number of halogens is 1. The van der Waals surface area contributed by atoms with Crippen molar-refractivity contribution < 1.29 is 4.79 Å². The second-order valence-corrected chi connectivity index (χ2v) is 5.89. The molecular weight excluding hydrogens is 290 g/mol. The van der Waals surface area contributed by atoms with Crippen LogP contribution in [0.25, 0.3) is 0 Å². The summed E-state index contributed by atoms with van der Waals surface area (Å²) in [7, 11) is 0. The van der Waals surface area contributed by atoms with Gasteiger partial charge in [-0.15, -0.1) is 16.9 Å². The number of thioether (sulfide) groups is 1. The molecule has 1 aromatic heterocycles. The predicted molar refractivity (Wildman–Crippen MR) is 75.2 cm³/mol. The van der Waals surface area contributed by atoms with Gasteiger partial charge in [-0.25, -0.2) is 0 Å². The van der Waals surface area contributed by atoms with E-state index in [4.69, 9.17) is 11.6 Å². The van der Waals surface area contributed by atoms with Crippen LogP contribution in [0.5, 0.6) is 0 Å². The minimum atomic E-state index is -0.0734. The van der Waals surface area contributed by atoms with E-state index in [9.17, 15) is 4.79 Å². The van der Waals surface area contributed by atoms with Gasteiger partial charge < -0.3 is 5.32 Å². The van der Waals surface area contributed by atoms with Gasteiger partial charge in [-0.05, 0) is 24.3 Å². The van der Waals surface area contributed by atoms with Crippen LogP contribution in [0.1, 0.15) is 12.6 Å². The zero-order valence-electron chi connectivity index (χ0n) is 9.51. The zero-order chi connectivity index (χ0) is 13.0. The lowest BCUT2D eigenvalue weighted by Crippen LogP contribution is -2.05. The molecule has 0 aliphatic heterocycles. The number of carbonyl (C=O) groups excluding carboxylic acids is 1. The number of rotatable bonds is 4. The average molecular weight is 300 g/mol. The molecule has 1 N–H and O–H groups in total. The summed E-state index contributed by atoms with van der Waals surface area (Å²) in [5.74, 6) is 0.616. The van der Waals surface area contributed by atoms with E-state index in [2.05, 4.69) is 14.9 Å². The van der Waals surface area contributed by atoms with E-state index in [1.54, 1.807) is 11.8 Å². The maximum atomic E-state index is 10.9. The van der Waals surface area contributed by atoms with Crippen LogP contribution in [0.3, 0.4) is 0 Å². The molecule has 0 unspecified atom stereocenters. The number of anilines is 1. The normalized spacial score (nSPS) is 10.3. The van der Waals surface area contributed by atoms with Crippen LogP contribution in [0.2, 0.25) is 4.34 Å². The van der Waals surface area contributed by atoms with Crippen molar-refractivity contribution >= 4 is 46.5 Å². The first kappa shape index (κ1) is 13.3. The van der Waals surface area contributed by atoms with Crippen LogP contribution in [-0.2, 0) is 10.5 Å². The van der Waals surface area contributed by atoms with Crippen molar-refractivity contribution in [1.82, 2.24) is 9.59 Å². The molecule has 0 aliphatic rings. The Morgan fingerprint density at radius 2 is 2.17 bits per heavy atom. The lowest BCUT2D eigenvalue weighted by Gasteiger charge is -2.03. The third kappa shape index (κ3) is 3.69. The molecule has 0 aliphatic carbocycles. The molecule has 0 saturated heterocycles. The summed E-state index contributed by atoms with van der Waals surface area (Å²) >= 11 is 8.74. The van der Waals surface area contributed by atoms with E-state index in [0.29, 0.717) is 10.1 Å². The first-order valence-electron chi connectivity index (χ1n) is 5.12. The van der Waals surface area contributed by atoms with Crippen LogP contribution >= 0.6 is 34.9 Å². The Bertz CT molecular complexity index is 541. The van der Waals surface area contributed by atoms with E-state index >= 15 is 0 Å². The fourth-order valence-electron chi connectivity index (χ4n) is 1.27. The van der Waals surface area contributed by atoms with Gasteiger partial charge in [0.05, 0.1) is 0 Å². The Kier molecular flexibility index (Phi) is 4.57. The summed E-state index contributed by atoms with van der Waals surface area (Å²) in [5, 5.41) is 6.67. The lowest BCUT2D eigenvalue weighted by atomic mass is 10.3. The average Bonchev–Trinajstić information content (AvgIpc) is 2.73. The summed E-state index contributed by atoms with van der Waals surface area (Å²) < 4.78 is 4.42. The SMILES string of the molecule is CC(=O)Nc1ccc(SCc2nnsc2Cl)cc1. The molecule has 94 valence electrons. The number of hydrogen-bond donors (Lipinski definition) is 1. The van der Waals surface area contributed by atoms with E-state index in [1.807, 2.05) is 24.3 Å². The highest BCUT2D eigenvalue weighted by Crippen LogP contribution is 2.27. The summed E-state index contributed by atoms with van der Waals surface area (Å²) in [4.78, 5) is 12.0. The molecular formula is C11H10ClN3OS2. The van der Waals surface area contributed by atoms with E-state index in [-0.39, 0.29) is 5.91 Å². The quantitative estimate of drug-likeness (QED) is 0.879. The minimum absolute atomic E-state index is 0.0734. The molecule has 0 fully saturated rings. The molecule has 0 atom stereocenters. The topological polar surface area (TPSA) is 54.9 Å². The molecule has 2 aromatic rings. The van der Waals surface area contributed by atoms with E-state index in [1.165, 1.54) is 18.5 Å². The highest BCUT2D eigenvalue weighted by molar-refractivity contribution is 7.98. The molecule has 7 heteroatoms. The predicted octanol–water partition coefficient (Wildman–Crippen LogP) is 3.44. The van der Waals surface area contributed by atoms with Crippen molar-refractivity contribution in [1.29, 1.82) is 0 Å². The van der Waals surface area contributed by atoms with Crippen molar-refractivity contribution in [2.24, 2.45) is 0 Å². The Morgan fingerprint density at radius 3 is 2.72 bits per heavy atom. The molecule has 1 heterocycles. The number of nitrogens with one attached hydrogen (secondary N) is 1. The van der Waals surface area contributed by atoms with Gasteiger partial charge >= 0.3 is 0 Å². The molecule has 1 aromatic carbocycles. The number of hydrogen-bond acceptors (Lipinski definition) is 5. The van der Waals surface area contributed by atoms with Crippen molar-refractivity contribution in [3.8, 4) is 0 Å². The number of amides is 1. The highest BCUT2D eigenvalue weighted by Gasteiger charge is 2.05. The summed E-state index contributed by atoms with van der Waals surface area (Å²) in [6.07, 6.45) is 0. The second-order valence-electron chi connectivity index (χ2n) is 3.49. The van der Waals surface area contributed by atoms with Gasteiger partial charge in [0.25, 0.3) is 0 Å². The Hall–Kier alpha value is -1.11. The standard InChI is InChI=1S/C11H10ClN3OS2/c1-7(16)13-8-2-4-9(5-3-8)17-6-10-11(12)18-15-14-10/h2-5H,6H2,1H3,(H,13,16). The van der Waals surface area contributed by atoms with Gasteiger partial charge in [0.15, 0.2) is 0 Å². The molecule has 0 bridgehead atoms. The summed E-state index contributed by atoms with van der Waals surface area (Å²) in [6, 6.07) is 7.63. The van der Waals surface area contributed by atoms with Gasteiger partial charge in [0, 0.05) is 34.8 Å². The van der Waals surface area contributed by atoms with Gasteiger partial charge in [0.2, 0.25) is 5.91 Å². The number of nitrogens with zero attached hydrogens (tertiary/aromatic N) is 2. The molecule has 0 spiro atoms. The molecule has 0 saturated carbocycles. The monoisotopic (exact) mass is 299 g/mol. The Balaban J connectivity index is 1.94. The molecule has 18 heavy (non-hydrogen) atoms. The zero-order valence-corrected chi connectivity index (χ0v) is 11.9. The van der Waals surface area contributed by atoms with Crippen molar-refractivity contribution in [3.63, 3.8) is 0 Å². The highest BCUT2D eigenvalue weighted by atomic mass is 35.5. The summed E-state index contributed by atoms with van der Waals surface area (Å²) in [6.45, 7) is 1.49. The summed E-state index contributed by atoms with van der Waals surface area (Å²) in [5.41, 5.74) is 1.60. The van der Waals surface area contributed by atoms with Crippen molar-refractivity contribution in [2.75, 3.05) is 5.32 Å². The fourth-order valence-corrected chi connectivity index (χ4v) is 2.90. The molecule has 0 radical (unpaired) electrons. The lowest BCUT2D eigenvalue weighted by molar-refractivity contribution is -0.114. The van der Waals surface area contributed by atoms with E-state index < -0.39 is 0 Å². The third-order valence-electron chi connectivity index (χ3n) is 2.06. The minimum Gasteiger partial charge on any atom is -0.326 e. The second kappa shape index (κ2) is 6.17. The van der Waals surface area contributed by atoms with Gasteiger partial charge in [-0.2, -0.15) is 0 Å². The number of carbonyl (C=O) groups is 1. The van der Waals surface area contributed by atoms with Crippen LogP contribution < -0.4 is 5.32 Å². The first-order chi connectivity index (χ1) is 8.65. The molecule has 2 rings (SSSR count). The van der Waals surface area contributed by atoms with Crippen LogP contribution in [-0.4, -0.2) is 15.5 Å². The van der Waals surface area contributed by atoms with Crippen molar-refractivity contribution in [3.05, 3.63) is 34.3 Å². The largest absolute Gasteiger partial charge is 0.326 e. The van der Waals surface area contributed by atoms with Crippen LogP contribution in [0.4, 0.5) is 5.69 Å². The fraction of sp³-hybridized carbons (Fsp3) is 0.182. The van der Waals surface area contributed by atoms with Crippen LogP contribution in [0.15, 0.2) is 29.2 Å². The Morgan fingerprint density at radius 1 is 1.44 bits per heavy atom. The van der Waals surface area contributed by atoms with E-state index in [0.717, 1.165) is 16.3 Å². The Labute approximate surface area is 118 Å². The van der Waals surface area contributed by atoms with Crippen molar-refractivity contribution in [2.45, 2.75) is 17.6 Å². The van der Waals surface area contributed by atoms with Gasteiger partial charge in [-0.3, -0.25) is 4.79 Å². The maximum Gasteiger partial charge on any atom is 0.221 e. The number of benzene rings is 1. The molecule has 4 nitrogen and oxygen atoms in total. The first-order valence-corrected chi connectivity index (χ1v) is 7.26. The van der Waals surface area contributed by atoms with Gasteiger partial charge in [-0.1, -0.05) is 16.1 Å². The molecule has 1 amide bonds. The van der Waals surface area contributed by atoms with Gasteiger partial charge in [0.1, 0.15) is 10.0 Å².